The third-order valence-electron chi connectivity index (χ3n) is 9.56. The molecule has 288 valence electrons. The number of alkyl carbamates (subject to hydrolysis) is 1. The van der Waals surface area contributed by atoms with E-state index in [0.29, 0.717) is 34.0 Å². The van der Waals surface area contributed by atoms with Crippen molar-refractivity contribution in [3.63, 3.8) is 0 Å². The number of Topliss-reactive ketones (excluding diaryl/α,β-unsaturated/α-hetero) is 1. The number of esters is 1. The van der Waals surface area contributed by atoms with Crippen molar-refractivity contribution in [2.75, 3.05) is 31.3 Å². The number of aryl methyl sites for hydroxylation is 1. The van der Waals surface area contributed by atoms with E-state index in [0.717, 1.165) is 34.7 Å². The fraction of sp³-hybridized carbons (Fsp3) is 0.261. The normalized spacial score (nSPS) is 15.1. The number of carbonyl (C=O) groups is 3. The first-order valence-electron chi connectivity index (χ1n) is 18.8. The molecular formula is C46H48N3O7+. The third-order valence-corrected chi connectivity index (χ3v) is 9.56. The van der Waals surface area contributed by atoms with Crippen molar-refractivity contribution < 1.29 is 33.7 Å². The topological polar surface area (TPSA) is 117 Å². The molecule has 6 rings (SSSR count). The molecule has 56 heavy (non-hydrogen) atoms. The minimum atomic E-state index is -0.647. The third kappa shape index (κ3) is 8.76. The highest BCUT2D eigenvalue weighted by molar-refractivity contribution is 6.44. The van der Waals surface area contributed by atoms with Crippen molar-refractivity contribution in [1.29, 1.82) is 0 Å². The molecule has 4 aromatic rings. The van der Waals surface area contributed by atoms with Crippen LogP contribution in [0.4, 0.5) is 27.5 Å². The van der Waals surface area contributed by atoms with Gasteiger partial charge in [0, 0.05) is 41.2 Å². The van der Waals surface area contributed by atoms with Crippen LogP contribution in [-0.4, -0.2) is 61.6 Å². The number of carbonyl (C=O) groups excluding carboxylic acids is 3. The molecule has 0 bridgehead atoms. The highest BCUT2D eigenvalue weighted by Gasteiger charge is 2.41. The molecule has 2 aliphatic rings. The summed E-state index contributed by atoms with van der Waals surface area (Å²) in [5.41, 5.74) is 8.10. The Kier molecular flexibility index (Phi) is 12.2. The lowest BCUT2D eigenvalue weighted by molar-refractivity contribution is -0.138. The average Bonchev–Trinajstić information content (AvgIpc) is 3.55. The van der Waals surface area contributed by atoms with E-state index in [-0.39, 0.29) is 49.5 Å². The number of nitrogens with zero attached hydrogens (tertiary/aromatic N) is 2. The van der Waals surface area contributed by atoms with Gasteiger partial charge in [0.15, 0.2) is 6.21 Å². The zero-order valence-corrected chi connectivity index (χ0v) is 32.5. The highest BCUT2D eigenvalue weighted by Crippen LogP contribution is 2.44. The Morgan fingerprint density at radius 3 is 2.14 bits per heavy atom. The Bertz CT molecular complexity index is 2220. The van der Waals surface area contributed by atoms with E-state index in [1.807, 2.05) is 83.6 Å². The average molecular weight is 755 g/mol. The molecule has 0 saturated heterocycles. The molecule has 1 atom stereocenters. The molecule has 1 heterocycles. The fourth-order valence-corrected chi connectivity index (χ4v) is 6.92. The van der Waals surface area contributed by atoms with Crippen LogP contribution in [0.2, 0.25) is 0 Å². The van der Waals surface area contributed by atoms with Crippen LogP contribution in [0.3, 0.4) is 0 Å². The predicted molar refractivity (Wildman–Crippen MR) is 221 cm³/mol. The number of benzene rings is 4. The number of aliphatic hydroxyl groups is 1. The van der Waals surface area contributed by atoms with E-state index in [1.54, 1.807) is 6.92 Å². The molecule has 1 unspecified atom stereocenters. The first-order valence-corrected chi connectivity index (χ1v) is 18.8. The number of hydrogen-bond donors (Lipinski definition) is 2. The number of allylic oxidation sites excluding steroid dienone is 3. The van der Waals surface area contributed by atoms with Gasteiger partial charge in [-0.2, -0.15) is 4.58 Å². The number of amides is 1. The zero-order valence-electron chi connectivity index (χ0n) is 32.5. The van der Waals surface area contributed by atoms with Gasteiger partial charge in [-0.1, -0.05) is 62.4 Å². The van der Waals surface area contributed by atoms with Crippen molar-refractivity contribution >= 4 is 58.0 Å². The summed E-state index contributed by atoms with van der Waals surface area (Å²) in [6, 6.07) is 31.8. The molecule has 0 spiro atoms. The van der Waals surface area contributed by atoms with Crippen LogP contribution in [0.1, 0.15) is 50.8 Å². The van der Waals surface area contributed by atoms with Crippen LogP contribution in [0.15, 0.2) is 121 Å². The van der Waals surface area contributed by atoms with E-state index in [4.69, 9.17) is 14.2 Å². The fourth-order valence-electron chi connectivity index (χ4n) is 6.92. The van der Waals surface area contributed by atoms with Gasteiger partial charge in [-0.25, -0.2) is 9.59 Å². The Hall–Kier alpha value is -6.42. The molecule has 0 aromatic heterocycles. The minimum Gasteiger partial charge on any atom is -0.506 e. The quantitative estimate of drug-likeness (QED) is 0.0535. The number of para-hydroxylation sites is 1. The van der Waals surface area contributed by atoms with Gasteiger partial charge in [0.1, 0.15) is 31.3 Å². The van der Waals surface area contributed by atoms with Gasteiger partial charge < -0.3 is 29.5 Å². The van der Waals surface area contributed by atoms with Crippen molar-refractivity contribution in [3.8, 4) is 5.75 Å². The monoisotopic (exact) mass is 754 g/mol. The van der Waals surface area contributed by atoms with Gasteiger partial charge in [0.2, 0.25) is 17.2 Å². The lowest BCUT2D eigenvalue weighted by Crippen LogP contribution is -2.29. The maximum Gasteiger partial charge on any atom is 0.407 e. The standard InChI is InChI=1S/C46H47N3O7/c1-29(2)27-32(6)49(35-15-11-31(5)12-16-35)36-17-13-33(14-18-36)41-43(50)42(44(41)51)39-28-48(40-10-8-7-9-38(39)40)34-19-21-37(22-20-34)54-25-26-56-46(53)47-23-24-55-45(52)30(3)4/h7-22,28-29,32H,3,23-27H2,1-2,4-6H3,(H-,47,50,51,53)/p+1. The van der Waals surface area contributed by atoms with Gasteiger partial charge in [0.25, 0.3) is 0 Å². The molecule has 4 aromatic carbocycles. The Morgan fingerprint density at radius 2 is 1.50 bits per heavy atom. The zero-order chi connectivity index (χ0) is 39.9. The molecule has 10 heteroatoms. The largest absolute Gasteiger partial charge is 0.506 e. The van der Waals surface area contributed by atoms with Gasteiger partial charge in [0.05, 0.1) is 28.8 Å². The summed E-state index contributed by atoms with van der Waals surface area (Å²) < 4.78 is 17.8. The van der Waals surface area contributed by atoms with Crippen LogP contribution >= 0.6 is 0 Å². The number of anilines is 2. The molecule has 10 nitrogen and oxygen atoms in total. The second-order valence-electron chi connectivity index (χ2n) is 14.4. The summed E-state index contributed by atoms with van der Waals surface area (Å²) in [5.74, 6) is 0.373. The predicted octanol–water partition coefficient (Wildman–Crippen LogP) is 9.02. The van der Waals surface area contributed by atoms with E-state index >= 15 is 0 Å². The number of ketones is 1. The van der Waals surface area contributed by atoms with Crippen molar-refractivity contribution in [2.24, 2.45) is 5.92 Å². The summed E-state index contributed by atoms with van der Waals surface area (Å²) in [6.45, 7) is 14.1. The highest BCUT2D eigenvalue weighted by atomic mass is 16.6. The van der Waals surface area contributed by atoms with E-state index < -0.39 is 12.1 Å². The van der Waals surface area contributed by atoms with Crippen LogP contribution in [0.25, 0.3) is 11.1 Å². The maximum atomic E-state index is 13.8. The SMILES string of the molecule is C=C(C)C(=O)OCCNC(=O)OCCOc1ccc([N+]2=C/C(=C3\C(=O)C(c4ccc(N(c5ccc(C)cc5)C(C)CC(C)C)cc4)=C3O)c3ccccc32)cc1. The number of fused-ring (bicyclic) bond motifs is 1. The maximum absolute atomic E-state index is 13.8. The minimum absolute atomic E-state index is 0.0118. The van der Waals surface area contributed by atoms with Crippen molar-refractivity contribution in [3.05, 3.63) is 137 Å². The van der Waals surface area contributed by atoms with Gasteiger partial charge in [-0.15, -0.1) is 0 Å². The van der Waals surface area contributed by atoms with Gasteiger partial charge in [-0.05, 0) is 81.1 Å². The number of hydrogen-bond acceptors (Lipinski definition) is 8. The Morgan fingerprint density at radius 1 is 0.839 bits per heavy atom. The summed E-state index contributed by atoms with van der Waals surface area (Å²) in [4.78, 5) is 39.5. The van der Waals surface area contributed by atoms with Gasteiger partial charge >= 0.3 is 12.1 Å². The molecule has 0 radical (unpaired) electrons. The first-order chi connectivity index (χ1) is 26.9. The summed E-state index contributed by atoms with van der Waals surface area (Å²) in [6.07, 6.45) is 2.25. The second-order valence-corrected chi connectivity index (χ2v) is 14.4. The number of ether oxygens (including phenoxy) is 3. The van der Waals surface area contributed by atoms with Crippen molar-refractivity contribution in [2.45, 2.75) is 47.1 Å². The number of rotatable bonds is 15. The Labute approximate surface area is 328 Å². The Balaban J connectivity index is 1.14. The molecule has 0 saturated carbocycles. The lowest BCUT2D eigenvalue weighted by Gasteiger charge is -2.33. The van der Waals surface area contributed by atoms with E-state index in [9.17, 15) is 19.5 Å². The summed E-state index contributed by atoms with van der Waals surface area (Å²) >= 11 is 0. The second kappa shape index (κ2) is 17.4. The molecule has 1 aliphatic heterocycles. The molecule has 0 fully saturated rings. The van der Waals surface area contributed by atoms with Crippen LogP contribution in [0.5, 0.6) is 5.75 Å². The lowest BCUT2D eigenvalue weighted by atomic mass is 9.80. The smallest absolute Gasteiger partial charge is 0.407 e. The number of aliphatic hydroxyl groups excluding tert-OH is 1. The molecular weight excluding hydrogens is 707 g/mol. The van der Waals surface area contributed by atoms with E-state index in [1.165, 1.54) is 5.56 Å². The van der Waals surface area contributed by atoms with Crippen LogP contribution in [-0.2, 0) is 19.1 Å². The number of nitrogens with one attached hydrogen (secondary N) is 1. The molecule has 1 aliphatic carbocycles. The van der Waals surface area contributed by atoms with Crippen LogP contribution < -0.4 is 19.5 Å². The van der Waals surface area contributed by atoms with Crippen molar-refractivity contribution in [1.82, 2.24) is 9.89 Å². The van der Waals surface area contributed by atoms with Gasteiger partial charge in [-0.3, -0.25) is 4.79 Å². The summed E-state index contributed by atoms with van der Waals surface area (Å²) in [7, 11) is 0. The van der Waals surface area contributed by atoms with E-state index in [2.05, 4.69) is 68.8 Å². The molecule has 2 N–H and O–H groups in total. The van der Waals surface area contributed by atoms with Crippen LogP contribution in [0, 0.1) is 12.8 Å². The molecule has 1 amide bonds. The first kappa shape index (κ1) is 39.3. The summed E-state index contributed by atoms with van der Waals surface area (Å²) in [5, 5.41) is 13.9.